The third-order valence-electron chi connectivity index (χ3n) is 4.73. The van der Waals surface area contributed by atoms with Gasteiger partial charge in [-0.3, -0.25) is 0 Å². The molecule has 0 aromatic rings. The predicted octanol–water partition coefficient (Wildman–Crippen LogP) is 2.85. The molecule has 1 N–H and O–H groups in total. The van der Waals surface area contributed by atoms with Gasteiger partial charge in [0.05, 0.1) is 12.2 Å². The molecule has 1 saturated heterocycles. The van der Waals surface area contributed by atoms with Crippen LogP contribution in [0.1, 0.15) is 46.9 Å². The summed E-state index contributed by atoms with van der Waals surface area (Å²) in [5, 5.41) is 9.73. The molecule has 1 aliphatic heterocycles. The maximum Gasteiger partial charge on any atom is 0.336 e. The van der Waals surface area contributed by atoms with Gasteiger partial charge in [0.1, 0.15) is 0 Å². The van der Waals surface area contributed by atoms with Crippen LogP contribution in [0.3, 0.4) is 0 Å². The zero-order chi connectivity index (χ0) is 15.4. The monoisotopic (exact) mass is 356 g/mol. The van der Waals surface area contributed by atoms with E-state index in [2.05, 4.69) is 34.6 Å². The van der Waals surface area contributed by atoms with Gasteiger partial charge in [-0.15, -0.1) is 18.2 Å². The van der Waals surface area contributed by atoms with Gasteiger partial charge in [-0.05, 0) is 37.5 Å². The lowest BCUT2D eigenvalue weighted by atomic mass is 9.86. The van der Waals surface area contributed by atoms with Crippen LogP contribution in [0.15, 0.2) is 0 Å². The van der Waals surface area contributed by atoms with Gasteiger partial charge in [0.2, 0.25) is 0 Å². The van der Waals surface area contributed by atoms with Crippen molar-refractivity contribution in [2.75, 3.05) is 0 Å². The first-order valence-electron chi connectivity index (χ1n) is 7.90. The Kier molecular flexibility index (Phi) is 7.84. The molecule has 4 unspecified atom stereocenters. The highest BCUT2D eigenvalue weighted by Crippen LogP contribution is 2.46. The summed E-state index contributed by atoms with van der Waals surface area (Å²) >= 11 is 0. The summed E-state index contributed by atoms with van der Waals surface area (Å²) in [6, 6.07) is 0. The number of ether oxygens (including phenoxy) is 1. The normalized spacial score (nSPS) is 36.7. The van der Waals surface area contributed by atoms with Crippen LogP contribution < -0.4 is 0 Å². The van der Waals surface area contributed by atoms with Crippen molar-refractivity contribution in [3.8, 4) is 0 Å². The van der Waals surface area contributed by atoms with E-state index in [4.69, 9.17) is 13.9 Å². The number of aliphatic hydroxyl groups excluding tert-OH is 1. The quantitative estimate of drug-likeness (QED) is 0.537. The summed E-state index contributed by atoms with van der Waals surface area (Å²) in [5.41, 5.74) is 0. The first kappa shape index (κ1) is 18.5. The molecule has 124 valence electrons. The highest BCUT2D eigenvalue weighted by Gasteiger charge is 2.49. The average Bonchev–Trinajstić information content (AvgIpc) is 2.90. The Morgan fingerprint density at radius 2 is 2.14 bits per heavy atom. The van der Waals surface area contributed by atoms with Crippen LogP contribution in [0.25, 0.3) is 0 Å². The first-order chi connectivity index (χ1) is 10.0. The molecule has 8 heteroatoms. The highest BCUT2D eigenvalue weighted by molar-refractivity contribution is 7.92. The van der Waals surface area contributed by atoms with Crippen LogP contribution in [0.2, 0.25) is 0 Å². The fraction of sp³-hybridized carbons (Fsp3) is 1.00. The van der Waals surface area contributed by atoms with Crippen molar-refractivity contribution in [3.05, 3.63) is 0 Å². The molecule has 0 radical (unpaired) electrons. The van der Waals surface area contributed by atoms with E-state index in [0.717, 1.165) is 38.5 Å². The molecule has 21 heavy (non-hydrogen) atoms. The van der Waals surface area contributed by atoms with Gasteiger partial charge >= 0.3 is 6.35 Å². The average molecular weight is 356 g/mol. The van der Waals surface area contributed by atoms with Gasteiger partial charge in [0, 0.05) is 23.4 Å². The SMILES string of the molecule is CCC[C@@H](CC[C@@H]1[C@H]2CC(O)O[C@H]2C[C@H]1OB(P)P)OP.[3HH]. The van der Waals surface area contributed by atoms with Crippen LogP contribution in [0.4, 0.5) is 0 Å². The van der Waals surface area contributed by atoms with Gasteiger partial charge in [-0.1, -0.05) is 13.3 Å². The molecule has 1 heterocycles. The van der Waals surface area contributed by atoms with Crippen molar-refractivity contribution in [2.24, 2.45) is 11.8 Å². The molecule has 0 aromatic heterocycles. The van der Waals surface area contributed by atoms with Crippen molar-refractivity contribution in [2.45, 2.75) is 70.1 Å². The molecular weight excluding hydrogens is 324 g/mol. The molecule has 2 rings (SSSR count). The molecule has 2 aliphatic rings. The Hall–Kier alpha value is 1.19. The van der Waals surface area contributed by atoms with Crippen molar-refractivity contribution in [1.29, 1.82) is 0 Å². The number of hydrogen-bond donors (Lipinski definition) is 1. The van der Waals surface area contributed by atoms with E-state index in [0.29, 0.717) is 17.9 Å². The van der Waals surface area contributed by atoms with E-state index in [-0.39, 0.29) is 20.0 Å². The van der Waals surface area contributed by atoms with E-state index < -0.39 is 6.29 Å². The van der Waals surface area contributed by atoms with E-state index in [9.17, 15) is 5.11 Å². The van der Waals surface area contributed by atoms with Gasteiger partial charge in [-0.2, -0.15) is 0 Å². The Morgan fingerprint density at radius 3 is 2.76 bits per heavy atom. The summed E-state index contributed by atoms with van der Waals surface area (Å²) in [6.45, 7) is 2.18. The molecule has 2 fully saturated rings. The van der Waals surface area contributed by atoms with Crippen molar-refractivity contribution in [1.82, 2.24) is 0 Å². The molecule has 1 saturated carbocycles. The summed E-state index contributed by atoms with van der Waals surface area (Å²) < 4.78 is 17.2. The maximum atomic E-state index is 9.73. The molecule has 0 spiro atoms. The standard InChI is InChI=1S/C13H28BO4P3.H2/c1-2-3-8(18-21)4-5-9-10-6-13(15)16-11(10)7-12(9)17-14(19)20;/h8-13,15H,2-7,19-21H2,1H3;1H/t8-,9+,10+,11-,12+,13?;/m0./s1/i;1+2. The zero-order valence-corrected chi connectivity index (χ0v) is 16.2. The summed E-state index contributed by atoms with van der Waals surface area (Å²) in [5.74, 6) is 0.876. The van der Waals surface area contributed by atoms with Crippen molar-refractivity contribution >= 4 is 34.1 Å². The van der Waals surface area contributed by atoms with Gasteiger partial charge in [-0.25, -0.2) is 0 Å². The molecular formula is C13H30BO4P3. The number of aliphatic hydroxyl groups is 1. The van der Waals surface area contributed by atoms with E-state index in [1.54, 1.807) is 0 Å². The first-order valence-corrected chi connectivity index (χ1v) is 9.71. The second-order valence-corrected chi connectivity index (χ2v) is 8.55. The van der Waals surface area contributed by atoms with Crippen LogP contribution in [-0.4, -0.2) is 36.1 Å². The Labute approximate surface area is 137 Å². The fourth-order valence-corrected chi connectivity index (χ4v) is 4.52. The Balaban J connectivity index is 0.00000242. The smallest absolute Gasteiger partial charge is 0.336 e. The third kappa shape index (κ3) is 5.08. The maximum absolute atomic E-state index is 9.73. The molecule has 4 nitrogen and oxygen atoms in total. The lowest BCUT2D eigenvalue weighted by molar-refractivity contribution is -0.0942. The van der Waals surface area contributed by atoms with Crippen molar-refractivity contribution < 1.29 is 20.4 Å². The lowest BCUT2D eigenvalue weighted by Crippen LogP contribution is -2.27. The number of hydrogen-bond acceptors (Lipinski definition) is 4. The Bertz CT molecular complexity index is 330. The largest absolute Gasteiger partial charge is 0.425 e. The lowest BCUT2D eigenvalue weighted by Gasteiger charge is -2.27. The Morgan fingerprint density at radius 1 is 1.38 bits per heavy atom. The van der Waals surface area contributed by atoms with Crippen LogP contribution in [-0.2, 0) is 13.9 Å². The predicted molar refractivity (Wildman–Crippen MR) is 98.0 cm³/mol. The van der Waals surface area contributed by atoms with Gasteiger partial charge < -0.3 is 19.0 Å². The van der Waals surface area contributed by atoms with Crippen LogP contribution >= 0.6 is 27.7 Å². The molecule has 9 atom stereocenters. The second kappa shape index (κ2) is 8.88. The summed E-state index contributed by atoms with van der Waals surface area (Å²) in [6.07, 6.45) is 6.14. The minimum atomic E-state index is -0.587. The van der Waals surface area contributed by atoms with Crippen LogP contribution in [0, 0.1) is 11.8 Å². The van der Waals surface area contributed by atoms with Crippen molar-refractivity contribution in [3.63, 3.8) is 0 Å². The minimum absolute atomic E-state index is 0. The van der Waals surface area contributed by atoms with Gasteiger partial charge in [0.15, 0.2) is 6.29 Å². The molecule has 0 aromatic carbocycles. The summed E-state index contributed by atoms with van der Waals surface area (Å²) in [7, 11) is 7.74. The fourth-order valence-electron chi connectivity index (χ4n) is 3.84. The molecule has 1 aliphatic carbocycles. The summed E-state index contributed by atoms with van der Waals surface area (Å²) in [4.78, 5) is 0. The van der Waals surface area contributed by atoms with Gasteiger partial charge in [0.25, 0.3) is 0 Å². The topological polar surface area (TPSA) is 47.9 Å². The highest BCUT2D eigenvalue weighted by atomic mass is 31.1. The van der Waals surface area contributed by atoms with E-state index in [1.165, 1.54) is 0 Å². The molecule has 0 amide bonds. The zero-order valence-electron chi connectivity index (χ0n) is 12.7. The molecule has 0 bridgehead atoms. The third-order valence-corrected chi connectivity index (χ3v) is 5.43. The van der Waals surface area contributed by atoms with E-state index in [1.807, 2.05) is 0 Å². The van der Waals surface area contributed by atoms with Crippen LogP contribution in [0.5, 0.6) is 0 Å². The van der Waals surface area contributed by atoms with E-state index >= 15 is 0 Å². The second-order valence-electron chi connectivity index (χ2n) is 6.19. The minimum Gasteiger partial charge on any atom is -0.425 e. The number of fused-ring (bicyclic) bond motifs is 1. The number of rotatable bonds is 8.